The van der Waals surface area contributed by atoms with Crippen molar-refractivity contribution in [3.8, 4) is 17.1 Å². The van der Waals surface area contributed by atoms with Crippen LogP contribution >= 0.6 is 0 Å². The van der Waals surface area contributed by atoms with Gasteiger partial charge in [0.15, 0.2) is 0 Å². The number of fused-ring (bicyclic) bond motifs is 4. The molecule has 3 heterocycles. The molecule has 7 rings (SSSR count). The van der Waals surface area contributed by atoms with Crippen LogP contribution in [0, 0.1) is 25.2 Å². The molecule has 274 valence electrons. The van der Waals surface area contributed by atoms with E-state index >= 15 is 0 Å². The lowest BCUT2D eigenvalue weighted by Gasteiger charge is -2.63. The number of benzene rings is 2. The number of hydrogen-bond donors (Lipinski definition) is 1. The number of anilines is 1. The van der Waals surface area contributed by atoms with Gasteiger partial charge < -0.3 is 19.3 Å². The van der Waals surface area contributed by atoms with Gasteiger partial charge in [0.25, 0.3) is 15.9 Å². The quantitative estimate of drug-likeness (QED) is 0.303. The van der Waals surface area contributed by atoms with Crippen LogP contribution in [0.25, 0.3) is 11.3 Å². The van der Waals surface area contributed by atoms with Crippen molar-refractivity contribution in [3.05, 3.63) is 89.5 Å². The van der Waals surface area contributed by atoms with Gasteiger partial charge in [0, 0.05) is 35.7 Å². The lowest BCUT2D eigenvalue weighted by atomic mass is 9.63. The summed E-state index contributed by atoms with van der Waals surface area (Å²) in [5.41, 5.74) is 2.15. The molecular weight excluding hydrogens is 679 g/mol. The Bertz CT molecular complexity index is 2080. The van der Waals surface area contributed by atoms with Gasteiger partial charge in [-0.05, 0) is 88.6 Å². The Labute approximate surface area is 306 Å². The Morgan fingerprint density at radius 2 is 1.73 bits per heavy atom. The van der Waals surface area contributed by atoms with Gasteiger partial charge in [-0.2, -0.15) is 4.98 Å². The standard InChI is InChI=1S/C40H47N5O6S/c1-25-12-10-13-26(2)34(25)31-21-33-42-36(41-31)43-52(48,49)29-15-11-14-27(20-29)35(46)45(32(24-50-33)30-16-8-9-17-39(30,6)7)28-22-40(23-28)18-19-44(40)37(47)51-38(3,4)5/h8-17,20-21,28,30,32H,18-19,22-24H2,1-7H3,(H,41,42,43)/t28?,30?,32-,40?/m0/s1. The summed E-state index contributed by atoms with van der Waals surface area (Å²) in [6, 6.07) is 13.0. The summed E-state index contributed by atoms with van der Waals surface area (Å²) in [5.74, 6) is -0.424. The highest BCUT2D eigenvalue weighted by atomic mass is 32.2. The molecule has 2 atom stereocenters. The minimum atomic E-state index is -4.21. The minimum absolute atomic E-state index is 0.0758. The summed E-state index contributed by atoms with van der Waals surface area (Å²) >= 11 is 0. The monoisotopic (exact) mass is 725 g/mol. The number of amides is 2. The third kappa shape index (κ3) is 6.57. The molecule has 3 aromatic rings. The first-order valence-electron chi connectivity index (χ1n) is 17.9. The summed E-state index contributed by atoms with van der Waals surface area (Å²) < 4.78 is 42.6. The molecule has 2 aromatic carbocycles. The molecule has 1 spiro atoms. The Balaban J connectivity index is 1.34. The van der Waals surface area contributed by atoms with E-state index in [0.717, 1.165) is 23.1 Å². The molecule has 1 aromatic heterocycles. The second-order valence-electron chi connectivity index (χ2n) is 16.2. The molecule has 1 saturated carbocycles. The zero-order valence-electron chi connectivity index (χ0n) is 30.8. The van der Waals surface area contributed by atoms with E-state index in [4.69, 9.17) is 9.47 Å². The van der Waals surface area contributed by atoms with Crippen LogP contribution in [0.1, 0.15) is 75.4 Å². The van der Waals surface area contributed by atoms with Crippen LogP contribution in [0.5, 0.6) is 5.88 Å². The predicted molar refractivity (Wildman–Crippen MR) is 199 cm³/mol. The number of sulfonamides is 1. The summed E-state index contributed by atoms with van der Waals surface area (Å²) in [6.07, 6.45) is 9.86. The number of aromatic nitrogens is 2. The molecule has 2 aliphatic heterocycles. The van der Waals surface area contributed by atoms with E-state index in [-0.39, 0.29) is 58.3 Å². The van der Waals surface area contributed by atoms with Crippen LogP contribution in [0.2, 0.25) is 0 Å². The zero-order chi connectivity index (χ0) is 37.2. The molecule has 2 amide bonds. The van der Waals surface area contributed by atoms with Crippen LogP contribution in [0.15, 0.2) is 77.7 Å². The molecule has 12 heteroatoms. The van der Waals surface area contributed by atoms with Crippen molar-refractivity contribution < 1.29 is 27.5 Å². The highest BCUT2D eigenvalue weighted by Crippen LogP contribution is 2.51. The lowest BCUT2D eigenvalue weighted by Crippen LogP contribution is -2.74. The van der Waals surface area contributed by atoms with Crippen molar-refractivity contribution in [2.75, 3.05) is 17.9 Å². The average molecular weight is 726 g/mol. The van der Waals surface area contributed by atoms with E-state index in [2.05, 4.69) is 40.7 Å². The average Bonchev–Trinajstić information content (AvgIpc) is 3.01. The normalized spacial score (nSPS) is 26.1. The molecule has 1 saturated heterocycles. The maximum absolute atomic E-state index is 14.9. The number of nitrogens with one attached hydrogen (secondary N) is 1. The minimum Gasteiger partial charge on any atom is -0.475 e. The summed E-state index contributed by atoms with van der Waals surface area (Å²) in [4.78, 5) is 40.9. The first-order valence-corrected chi connectivity index (χ1v) is 19.4. The van der Waals surface area contributed by atoms with Crippen molar-refractivity contribution in [2.45, 2.75) is 95.8 Å². The molecule has 2 aliphatic carbocycles. The number of aryl methyl sites for hydroxylation is 2. The third-order valence-electron chi connectivity index (χ3n) is 10.9. The first kappa shape index (κ1) is 35.7. The highest BCUT2D eigenvalue weighted by molar-refractivity contribution is 7.92. The van der Waals surface area contributed by atoms with E-state index in [0.29, 0.717) is 25.1 Å². The molecule has 4 bridgehead atoms. The van der Waals surface area contributed by atoms with E-state index < -0.39 is 27.2 Å². The second kappa shape index (κ2) is 12.8. The van der Waals surface area contributed by atoms with E-state index in [1.54, 1.807) is 23.1 Å². The lowest BCUT2D eigenvalue weighted by molar-refractivity contribution is -0.118. The van der Waals surface area contributed by atoms with Gasteiger partial charge in [-0.25, -0.2) is 22.9 Å². The summed E-state index contributed by atoms with van der Waals surface area (Å²) in [7, 11) is -4.21. The van der Waals surface area contributed by atoms with Crippen molar-refractivity contribution in [3.63, 3.8) is 0 Å². The molecule has 11 nitrogen and oxygen atoms in total. The van der Waals surface area contributed by atoms with E-state index in [9.17, 15) is 18.0 Å². The van der Waals surface area contributed by atoms with Crippen molar-refractivity contribution in [1.29, 1.82) is 0 Å². The number of rotatable bonds is 3. The van der Waals surface area contributed by atoms with E-state index in [1.807, 2.05) is 69.9 Å². The summed E-state index contributed by atoms with van der Waals surface area (Å²) in [6.45, 7) is 14.5. The number of allylic oxidation sites excluding steroid dienone is 3. The SMILES string of the molecule is Cc1cccc(C)c1-c1cc2nc(n1)NS(=O)(=O)c1cccc(c1)C(=O)N(C1CC3(CCN3C(=O)OC(C)(C)C)C1)[C@H](C1C=CC=CC1(C)C)CO2. The maximum Gasteiger partial charge on any atom is 0.410 e. The highest BCUT2D eigenvalue weighted by Gasteiger charge is 2.60. The van der Waals surface area contributed by atoms with Crippen LogP contribution in [0.4, 0.5) is 10.7 Å². The van der Waals surface area contributed by atoms with Crippen LogP contribution < -0.4 is 9.46 Å². The summed E-state index contributed by atoms with van der Waals surface area (Å²) in [5, 5.41) is 0. The molecule has 0 radical (unpaired) electrons. The number of ether oxygens (including phenoxy) is 2. The molecule has 52 heavy (non-hydrogen) atoms. The Morgan fingerprint density at radius 3 is 2.38 bits per heavy atom. The largest absolute Gasteiger partial charge is 0.475 e. The fourth-order valence-electron chi connectivity index (χ4n) is 8.18. The number of nitrogens with zero attached hydrogens (tertiary/aromatic N) is 4. The smallest absolute Gasteiger partial charge is 0.410 e. The number of carbonyl (C=O) groups excluding carboxylic acids is 2. The molecule has 1 N–H and O–H groups in total. The molecular formula is C40H47N5O6S. The molecule has 4 aliphatic rings. The maximum atomic E-state index is 14.9. The topological polar surface area (TPSA) is 131 Å². The first-order chi connectivity index (χ1) is 24.5. The van der Waals surface area contributed by atoms with Gasteiger partial charge in [0.1, 0.15) is 12.2 Å². The van der Waals surface area contributed by atoms with Crippen molar-refractivity contribution in [1.82, 2.24) is 19.8 Å². The van der Waals surface area contributed by atoms with Gasteiger partial charge in [-0.1, -0.05) is 62.4 Å². The van der Waals surface area contributed by atoms with Gasteiger partial charge in [-0.15, -0.1) is 0 Å². The third-order valence-corrected chi connectivity index (χ3v) is 12.2. The van der Waals surface area contributed by atoms with Gasteiger partial charge >= 0.3 is 6.09 Å². The predicted octanol–water partition coefficient (Wildman–Crippen LogP) is 7.07. The molecule has 1 unspecified atom stereocenters. The van der Waals surface area contributed by atoms with Gasteiger partial charge in [0.2, 0.25) is 11.8 Å². The molecule has 2 fully saturated rings. The van der Waals surface area contributed by atoms with Crippen LogP contribution in [-0.2, 0) is 14.8 Å². The Kier molecular flexibility index (Phi) is 8.75. The number of carbonyl (C=O) groups is 2. The second-order valence-corrected chi connectivity index (χ2v) is 17.8. The Morgan fingerprint density at radius 1 is 1.02 bits per heavy atom. The number of likely N-dealkylation sites (tertiary alicyclic amines) is 1. The van der Waals surface area contributed by atoms with Crippen LogP contribution in [-0.4, -0.2) is 76.6 Å². The Hall–Kier alpha value is -4.71. The van der Waals surface area contributed by atoms with Crippen molar-refractivity contribution in [2.24, 2.45) is 11.3 Å². The number of hydrogen-bond acceptors (Lipinski definition) is 8. The van der Waals surface area contributed by atoms with Gasteiger partial charge in [0.05, 0.1) is 22.2 Å². The fourth-order valence-corrected chi connectivity index (χ4v) is 9.17. The van der Waals surface area contributed by atoms with Crippen molar-refractivity contribution >= 4 is 28.0 Å². The fraction of sp³-hybridized carbons (Fsp3) is 0.450. The van der Waals surface area contributed by atoms with Gasteiger partial charge in [-0.3, -0.25) is 4.79 Å². The van der Waals surface area contributed by atoms with Crippen LogP contribution in [0.3, 0.4) is 0 Å². The zero-order valence-corrected chi connectivity index (χ0v) is 31.7. The van der Waals surface area contributed by atoms with E-state index in [1.165, 1.54) is 12.1 Å².